The largest absolute Gasteiger partial charge is 0.480 e. The Hall–Kier alpha value is -4.07. The first-order valence-electron chi connectivity index (χ1n) is 10.5. The summed E-state index contributed by atoms with van der Waals surface area (Å²) in [4.78, 5) is 48.3. The standard InChI is InChI=1S/C25H24N4O4/c1-14-12-20-22(24(27-14)33-4)19-6-5-11-26-23(19)15(2)25(32)29(20)13-21(31)28-18-9-7-17(8-10-18)16(3)30/h5-12,15H,13H2,1-4H3,(H,28,31)/t15-/m0/s1. The van der Waals surface area contributed by atoms with E-state index in [9.17, 15) is 14.4 Å². The van der Waals surface area contributed by atoms with Crippen molar-refractivity contribution in [2.45, 2.75) is 26.7 Å². The number of hydrogen-bond acceptors (Lipinski definition) is 6. The van der Waals surface area contributed by atoms with Crippen LogP contribution in [0.2, 0.25) is 0 Å². The number of carbonyl (C=O) groups is 3. The molecule has 2 amide bonds. The zero-order chi connectivity index (χ0) is 23.7. The van der Waals surface area contributed by atoms with Gasteiger partial charge in [-0.1, -0.05) is 6.07 Å². The molecule has 0 saturated heterocycles. The molecule has 1 N–H and O–H groups in total. The zero-order valence-electron chi connectivity index (χ0n) is 18.9. The SMILES string of the molecule is COc1nc(C)cc2c1-c1cccnc1[C@H](C)C(=O)N2CC(=O)Nc1ccc(C(C)=O)cc1. The van der Waals surface area contributed by atoms with E-state index in [4.69, 9.17) is 4.74 Å². The van der Waals surface area contributed by atoms with Crippen LogP contribution < -0.4 is 15.0 Å². The molecule has 0 unspecified atom stereocenters. The minimum atomic E-state index is -0.568. The topological polar surface area (TPSA) is 101 Å². The maximum Gasteiger partial charge on any atom is 0.244 e. The van der Waals surface area contributed by atoms with Gasteiger partial charge in [0.15, 0.2) is 5.78 Å². The highest BCUT2D eigenvalue weighted by atomic mass is 16.5. The van der Waals surface area contributed by atoms with E-state index in [-0.39, 0.29) is 24.1 Å². The molecule has 0 fully saturated rings. The molecule has 3 aromatic rings. The minimum Gasteiger partial charge on any atom is -0.480 e. The lowest BCUT2D eigenvalue weighted by atomic mass is 9.98. The molecule has 0 saturated carbocycles. The van der Waals surface area contributed by atoms with Gasteiger partial charge in [0.1, 0.15) is 6.54 Å². The van der Waals surface area contributed by atoms with E-state index in [0.717, 1.165) is 5.56 Å². The summed E-state index contributed by atoms with van der Waals surface area (Å²) in [5.41, 5.74) is 4.28. The van der Waals surface area contributed by atoms with Crippen LogP contribution in [0.15, 0.2) is 48.7 Å². The number of fused-ring (bicyclic) bond motifs is 3. The number of pyridine rings is 2. The Bertz CT molecular complexity index is 1250. The number of anilines is 2. The van der Waals surface area contributed by atoms with Crippen LogP contribution in [0.25, 0.3) is 11.1 Å². The first-order chi connectivity index (χ1) is 15.8. The number of aromatic nitrogens is 2. The number of benzene rings is 1. The van der Waals surface area contributed by atoms with E-state index in [1.807, 2.05) is 6.07 Å². The minimum absolute atomic E-state index is 0.0558. The van der Waals surface area contributed by atoms with Gasteiger partial charge < -0.3 is 15.0 Å². The highest BCUT2D eigenvalue weighted by Gasteiger charge is 2.35. The van der Waals surface area contributed by atoms with Crippen molar-refractivity contribution in [3.63, 3.8) is 0 Å². The second-order valence-corrected chi connectivity index (χ2v) is 7.93. The van der Waals surface area contributed by atoms with Crippen LogP contribution in [0.4, 0.5) is 11.4 Å². The fourth-order valence-electron chi connectivity index (χ4n) is 3.98. The monoisotopic (exact) mass is 444 g/mol. The number of aryl methyl sites for hydroxylation is 1. The third-order valence-electron chi connectivity index (χ3n) is 5.61. The molecule has 3 heterocycles. The molecule has 168 valence electrons. The normalized spacial score (nSPS) is 14.7. The Balaban J connectivity index is 1.73. The lowest BCUT2D eigenvalue weighted by molar-refractivity contribution is -0.122. The average Bonchev–Trinajstić information content (AvgIpc) is 2.88. The molecule has 1 atom stereocenters. The zero-order valence-corrected chi connectivity index (χ0v) is 18.9. The van der Waals surface area contributed by atoms with E-state index in [1.54, 1.807) is 56.4 Å². The fourth-order valence-corrected chi connectivity index (χ4v) is 3.98. The molecule has 0 radical (unpaired) electrons. The number of amides is 2. The Labute approximate surface area is 191 Å². The van der Waals surface area contributed by atoms with Crippen molar-refractivity contribution in [3.8, 4) is 17.0 Å². The summed E-state index contributed by atoms with van der Waals surface area (Å²) in [7, 11) is 1.52. The van der Waals surface area contributed by atoms with Crippen LogP contribution >= 0.6 is 0 Å². The number of methoxy groups -OCH3 is 1. The third kappa shape index (κ3) is 4.19. The van der Waals surface area contributed by atoms with Gasteiger partial charge in [-0.2, -0.15) is 0 Å². The molecule has 8 heteroatoms. The molecular formula is C25H24N4O4. The van der Waals surface area contributed by atoms with Gasteiger partial charge in [0.05, 0.1) is 30.0 Å². The Morgan fingerprint density at radius 3 is 2.58 bits per heavy atom. The molecule has 0 aliphatic carbocycles. The predicted molar refractivity (Wildman–Crippen MR) is 125 cm³/mol. The third-order valence-corrected chi connectivity index (χ3v) is 5.61. The van der Waals surface area contributed by atoms with Crippen LogP contribution in [0, 0.1) is 6.92 Å². The number of nitrogens with one attached hydrogen (secondary N) is 1. The molecule has 1 aliphatic heterocycles. The van der Waals surface area contributed by atoms with Crippen LogP contribution in [0.1, 0.15) is 41.5 Å². The molecule has 2 aromatic heterocycles. The number of nitrogens with zero attached hydrogens (tertiary/aromatic N) is 3. The number of carbonyl (C=O) groups excluding carboxylic acids is 3. The van der Waals surface area contributed by atoms with Crippen molar-refractivity contribution in [1.29, 1.82) is 0 Å². The molecule has 4 rings (SSSR count). The smallest absolute Gasteiger partial charge is 0.244 e. The van der Waals surface area contributed by atoms with E-state index >= 15 is 0 Å². The second-order valence-electron chi connectivity index (χ2n) is 7.93. The van der Waals surface area contributed by atoms with E-state index < -0.39 is 5.92 Å². The van der Waals surface area contributed by atoms with E-state index in [1.165, 1.54) is 18.9 Å². The average molecular weight is 444 g/mol. The molecule has 0 bridgehead atoms. The van der Waals surface area contributed by atoms with Gasteiger partial charge in [0.2, 0.25) is 17.7 Å². The highest BCUT2D eigenvalue weighted by Crippen LogP contribution is 2.44. The maximum absolute atomic E-state index is 13.5. The van der Waals surface area contributed by atoms with E-state index in [0.29, 0.717) is 39.8 Å². The van der Waals surface area contributed by atoms with Crippen molar-refractivity contribution in [2.24, 2.45) is 0 Å². The van der Waals surface area contributed by atoms with Crippen LogP contribution in [-0.4, -0.2) is 41.2 Å². The van der Waals surface area contributed by atoms with Crippen LogP contribution in [-0.2, 0) is 9.59 Å². The van der Waals surface area contributed by atoms with E-state index in [2.05, 4.69) is 15.3 Å². The summed E-state index contributed by atoms with van der Waals surface area (Å²) in [6.45, 7) is 4.86. The number of ketones is 1. The lowest BCUT2D eigenvalue weighted by Crippen LogP contribution is -2.40. The molecular weight excluding hydrogens is 420 g/mol. The summed E-state index contributed by atoms with van der Waals surface area (Å²) in [6, 6.07) is 12.1. The number of hydrogen-bond donors (Lipinski definition) is 1. The first kappa shape index (κ1) is 22.1. The summed E-state index contributed by atoms with van der Waals surface area (Å²) < 4.78 is 5.55. The van der Waals surface area contributed by atoms with Crippen LogP contribution in [0.3, 0.4) is 0 Å². The lowest BCUT2D eigenvalue weighted by Gasteiger charge is -2.25. The number of rotatable bonds is 5. The van der Waals surface area contributed by atoms with Crippen molar-refractivity contribution >= 4 is 29.0 Å². The van der Waals surface area contributed by atoms with Crippen molar-refractivity contribution in [3.05, 3.63) is 65.6 Å². The number of ether oxygens (including phenoxy) is 1. The Morgan fingerprint density at radius 1 is 1.18 bits per heavy atom. The Morgan fingerprint density at radius 2 is 1.91 bits per heavy atom. The van der Waals surface area contributed by atoms with Gasteiger partial charge in [-0.3, -0.25) is 19.4 Å². The first-order valence-corrected chi connectivity index (χ1v) is 10.5. The van der Waals surface area contributed by atoms with Crippen molar-refractivity contribution in [2.75, 3.05) is 23.9 Å². The summed E-state index contributed by atoms with van der Waals surface area (Å²) in [5.74, 6) is -0.875. The Kier molecular flexibility index (Phi) is 5.91. The summed E-state index contributed by atoms with van der Waals surface area (Å²) in [5, 5.41) is 2.80. The maximum atomic E-state index is 13.5. The molecule has 1 aliphatic rings. The van der Waals surface area contributed by atoms with Crippen LogP contribution in [0.5, 0.6) is 5.88 Å². The van der Waals surface area contributed by atoms with Gasteiger partial charge >= 0.3 is 0 Å². The van der Waals surface area contributed by atoms with Gasteiger partial charge in [-0.15, -0.1) is 0 Å². The molecule has 0 spiro atoms. The fraction of sp³-hybridized carbons (Fsp3) is 0.240. The van der Waals surface area contributed by atoms with Gasteiger partial charge in [0.25, 0.3) is 0 Å². The number of Topliss-reactive ketones (excluding diaryl/α,β-unsaturated/α-hetero) is 1. The van der Waals surface area contributed by atoms with Crippen molar-refractivity contribution < 1.29 is 19.1 Å². The molecule has 8 nitrogen and oxygen atoms in total. The van der Waals surface area contributed by atoms with Gasteiger partial charge in [0, 0.05) is 28.7 Å². The highest BCUT2D eigenvalue weighted by molar-refractivity contribution is 6.09. The van der Waals surface area contributed by atoms with Gasteiger partial charge in [-0.05, 0) is 57.2 Å². The predicted octanol–water partition coefficient (Wildman–Crippen LogP) is 3.75. The molecule has 1 aromatic carbocycles. The second kappa shape index (κ2) is 8.82. The van der Waals surface area contributed by atoms with Gasteiger partial charge in [-0.25, -0.2) is 4.98 Å². The summed E-state index contributed by atoms with van der Waals surface area (Å²) >= 11 is 0. The quantitative estimate of drug-likeness (QED) is 0.602. The molecule has 33 heavy (non-hydrogen) atoms. The summed E-state index contributed by atoms with van der Waals surface area (Å²) in [6.07, 6.45) is 1.64. The van der Waals surface area contributed by atoms with Crippen molar-refractivity contribution in [1.82, 2.24) is 9.97 Å².